The quantitative estimate of drug-likeness (QED) is 0.646. The maximum Gasteiger partial charge on any atom is 0.335 e. The van der Waals surface area contributed by atoms with Gasteiger partial charge in [0.2, 0.25) is 0 Å². The number of hydrogen-bond donors (Lipinski definition) is 1. The smallest absolute Gasteiger partial charge is 0.335 e. The van der Waals surface area contributed by atoms with Gasteiger partial charge >= 0.3 is 5.97 Å². The van der Waals surface area contributed by atoms with Crippen LogP contribution in [0.4, 0.5) is 0 Å². The van der Waals surface area contributed by atoms with Crippen molar-refractivity contribution in [2.24, 2.45) is 5.16 Å². The fraction of sp³-hybridized carbons (Fsp3) is 0. The van der Waals surface area contributed by atoms with E-state index >= 15 is 0 Å². The number of benzene rings is 1. The van der Waals surface area contributed by atoms with Crippen molar-refractivity contribution in [1.29, 1.82) is 0 Å². The van der Waals surface area contributed by atoms with Crippen molar-refractivity contribution >= 4 is 12.2 Å². The molecule has 0 aliphatic heterocycles. The van der Waals surface area contributed by atoms with Crippen LogP contribution in [0.3, 0.4) is 0 Å². The van der Waals surface area contributed by atoms with Gasteiger partial charge in [-0.1, -0.05) is 0 Å². The van der Waals surface area contributed by atoms with Gasteiger partial charge in [0.25, 0.3) is 0 Å². The maximum absolute atomic E-state index is 10.7. The summed E-state index contributed by atoms with van der Waals surface area (Å²) in [5.41, 5.74) is 1.64. The molecule has 0 bridgehead atoms. The van der Waals surface area contributed by atoms with Crippen molar-refractivity contribution in [2.45, 2.75) is 0 Å². The van der Waals surface area contributed by atoms with E-state index in [1.807, 2.05) is 0 Å². The molecule has 2 aromatic rings. The van der Waals surface area contributed by atoms with E-state index < -0.39 is 5.97 Å². The number of rotatable bonds is 3. The summed E-state index contributed by atoms with van der Waals surface area (Å²) >= 11 is 0. The Morgan fingerprint density at radius 2 is 2.00 bits per heavy atom. The van der Waals surface area contributed by atoms with Gasteiger partial charge in [0.1, 0.15) is 0 Å². The Hall–Kier alpha value is -2.56. The molecule has 0 saturated heterocycles. The van der Waals surface area contributed by atoms with E-state index in [0.29, 0.717) is 5.69 Å². The van der Waals surface area contributed by atoms with Crippen LogP contribution in [0.15, 0.2) is 47.8 Å². The van der Waals surface area contributed by atoms with Crippen molar-refractivity contribution in [3.63, 3.8) is 0 Å². The van der Waals surface area contributed by atoms with Crippen LogP contribution in [0.1, 0.15) is 16.1 Å². The topological polar surface area (TPSA) is 77.6 Å². The monoisotopic (exact) mass is 229 g/mol. The molecular formula is C12H9N2O3-. The Bertz CT molecular complexity index is 555. The van der Waals surface area contributed by atoms with Crippen LogP contribution < -0.4 is 0 Å². The van der Waals surface area contributed by atoms with E-state index in [0.717, 1.165) is 5.69 Å². The van der Waals surface area contributed by atoms with E-state index in [9.17, 15) is 10.0 Å². The lowest BCUT2D eigenvalue weighted by atomic mass is 10.2. The molecule has 5 nitrogen and oxygen atoms in total. The lowest BCUT2D eigenvalue weighted by Crippen LogP contribution is -2.00. The van der Waals surface area contributed by atoms with Gasteiger partial charge in [-0.2, -0.15) is 0 Å². The van der Waals surface area contributed by atoms with Gasteiger partial charge < -0.3 is 20.0 Å². The lowest BCUT2D eigenvalue weighted by Gasteiger charge is -2.06. The van der Waals surface area contributed by atoms with E-state index in [-0.39, 0.29) is 5.56 Å². The van der Waals surface area contributed by atoms with E-state index in [2.05, 4.69) is 5.16 Å². The third-order valence-electron chi connectivity index (χ3n) is 2.36. The van der Waals surface area contributed by atoms with Crippen molar-refractivity contribution in [3.05, 3.63) is 59.1 Å². The molecule has 1 aromatic heterocycles. The number of carbonyl (C=O) groups is 1. The molecule has 0 fully saturated rings. The second-order valence-electron chi connectivity index (χ2n) is 3.39. The van der Waals surface area contributed by atoms with E-state index in [4.69, 9.17) is 5.11 Å². The predicted octanol–water partition coefficient (Wildman–Crippen LogP) is 2.09. The van der Waals surface area contributed by atoms with Gasteiger partial charge in [-0.05, 0) is 36.4 Å². The first-order valence-electron chi connectivity index (χ1n) is 4.89. The molecule has 1 aromatic carbocycles. The number of nitrogens with zero attached hydrogens (tertiary/aromatic N) is 2. The van der Waals surface area contributed by atoms with Gasteiger partial charge in [0.05, 0.1) is 11.3 Å². The zero-order valence-electron chi connectivity index (χ0n) is 8.78. The first kappa shape index (κ1) is 10.9. The molecule has 2 rings (SSSR count). The Kier molecular flexibility index (Phi) is 2.91. The minimum absolute atomic E-state index is 0.222. The van der Waals surface area contributed by atoms with Crippen LogP contribution in [0.25, 0.3) is 5.69 Å². The van der Waals surface area contributed by atoms with Crippen molar-refractivity contribution < 1.29 is 9.90 Å². The van der Waals surface area contributed by atoms with Crippen LogP contribution in [0.5, 0.6) is 0 Å². The summed E-state index contributed by atoms with van der Waals surface area (Å²) in [6.45, 7) is 0. The molecule has 0 atom stereocenters. The predicted molar refractivity (Wildman–Crippen MR) is 63.7 cm³/mol. The van der Waals surface area contributed by atoms with Crippen LogP contribution in [0.2, 0.25) is 0 Å². The summed E-state index contributed by atoms with van der Waals surface area (Å²) in [4.78, 5) is 10.7. The van der Waals surface area contributed by atoms with Crippen LogP contribution >= 0.6 is 0 Å². The van der Waals surface area contributed by atoms with Gasteiger partial charge in [0, 0.05) is 18.1 Å². The average Bonchev–Trinajstić information content (AvgIpc) is 2.78. The van der Waals surface area contributed by atoms with Gasteiger partial charge in [-0.3, -0.25) is 0 Å². The summed E-state index contributed by atoms with van der Waals surface area (Å²) in [5.74, 6) is -0.967. The van der Waals surface area contributed by atoms with Crippen LogP contribution in [-0.4, -0.2) is 21.9 Å². The number of carboxylic acid groups (broad SMARTS) is 1. The van der Waals surface area contributed by atoms with Crippen LogP contribution in [0, 0.1) is 5.21 Å². The van der Waals surface area contributed by atoms with E-state index in [1.165, 1.54) is 18.3 Å². The Morgan fingerprint density at radius 3 is 2.59 bits per heavy atom. The molecule has 1 heterocycles. The number of aromatic nitrogens is 1. The molecule has 0 aliphatic rings. The van der Waals surface area contributed by atoms with Gasteiger partial charge in [-0.25, -0.2) is 4.79 Å². The molecular weight excluding hydrogens is 220 g/mol. The first-order chi connectivity index (χ1) is 8.22. The fourth-order valence-corrected chi connectivity index (χ4v) is 1.55. The first-order valence-corrected chi connectivity index (χ1v) is 4.89. The highest BCUT2D eigenvalue weighted by Gasteiger charge is 2.04. The molecule has 0 spiro atoms. The SMILES string of the molecule is O=C(O)c1ccc(-n2cccc2/C=N\[O-])cc1. The summed E-state index contributed by atoms with van der Waals surface area (Å²) < 4.78 is 1.74. The average molecular weight is 229 g/mol. The molecule has 86 valence electrons. The second-order valence-corrected chi connectivity index (χ2v) is 3.39. The Balaban J connectivity index is 2.39. The Labute approximate surface area is 97.2 Å². The van der Waals surface area contributed by atoms with Gasteiger partial charge in [-0.15, -0.1) is 0 Å². The highest BCUT2D eigenvalue weighted by molar-refractivity contribution is 5.87. The van der Waals surface area contributed by atoms with Crippen molar-refractivity contribution in [3.8, 4) is 5.69 Å². The molecule has 0 unspecified atom stereocenters. The normalized spacial score (nSPS) is 10.8. The number of hydrogen-bond acceptors (Lipinski definition) is 3. The molecule has 0 aliphatic carbocycles. The number of aromatic carboxylic acids is 1. The highest BCUT2D eigenvalue weighted by Crippen LogP contribution is 2.13. The summed E-state index contributed by atoms with van der Waals surface area (Å²) in [6.07, 6.45) is 2.97. The van der Waals surface area contributed by atoms with Crippen LogP contribution in [-0.2, 0) is 0 Å². The van der Waals surface area contributed by atoms with Crippen molar-refractivity contribution in [1.82, 2.24) is 4.57 Å². The molecule has 1 N–H and O–H groups in total. The lowest BCUT2D eigenvalue weighted by molar-refractivity contribution is 0.0697. The standard InChI is InChI=1S/C12H10N2O3/c15-12(16)9-3-5-10(6-4-9)14-7-1-2-11(14)8-13-17/h1-8,17H,(H,15,16)/p-1/b13-8-. The second kappa shape index (κ2) is 4.52. The van der Waals surface area contributed by atoms with E-state index in [1.54, 1.807) is 35.0 Å². The zero-order chi connectivity index (χ0) is 12.3. The third kappa shape index (κ3) is 2.17. The molecule has 0 amide bonds. The largest absolute Gasteiger partial charge is 0.792 e. The summed E-state index contributed by atoms with van der Waals surface area (Å²) in [5, 5.41) is 21.7. The minimum atomic E-state index is -0.967. The molecule has 0 saturated carbocycles. The zero-order valence-corrected chi connectivity index (χ0v) is 8.78. The third-order valence-corrected chi connectivity index (χ3v) is 2.36. The van der Waals surface area contributed by atoms with Crippen molar-refractivity contribution in [2.75, 3.05) is 0 Å². The molecule has 5 heteroatoms. The number of carboxylic acids is 1. The van der Waals surface area contributed by atoms with Gasteiger partial charge in [0.15, 0.2) is 0 Å². The fourth-order valence-electron chi connectivity index (χ4n) is 1.55. The minimum Gasteiger partial charge on any atom is -0.792 e. The highest BCUT2D eigenvalue weighted by atomic mass is 16.4. The summed E-state index contributed by atoms with van der Waals surface area (Å²) in [6, 6.07) is 9.89. The molecule has 0 radical (unpaired) electrons. The molecule has 17 heavy (non-hydrogen) atoms. The summed E-state index contributed by atoms with van der Waals surface area (Å²) in [7, 11) is 0. The maximum atomic E-state index is 10.7. The Morgan fingerprint density at radius 1 is 1.29 bits per heavy atom.